The fourth-order valence-electron chi connectivity index (χ4n) is 2.40. The number of likely N-dealkylation sites (tertiary alicyclic amines) is 1. The summed E-state index contributed by atoms with van der Waals surface area (Å²) in [5, 5.41) is 11.2. The standard InChI is InChI=1S/C15H19FN4O4/c1-9(14(22)23)17-15(24)20-7-3-6-12(20)13(21)19-18-11-5-2-4-10(16)8-11/h2,4-5,8-9,12,18H,3,6-7H2,1H3,(H,17,24)(H,19,21)(H,22,23)/t9-,12?/m0/s1. The fraction of sp³-hybridized carbons (Fsp3) is 0.400. The molecular formula is C15H19FN4O4. The minimum Gasteiger partial charge on any atom is -0.480 e. The first-order chi connectivity index (χ1) is 11.4. The van der Waals surface area contributed by atoms with Crippen molar-refractivity contribution in [3.05, 3.63) is 30.1 Å². The Kier molecular flexibility index (Phi) is 5.56. The van der Waals surface area contributed by atoms with E-state index in [1.165, 1.54) is 30.0 Å². The van der Waals surface area contributed by atoms with Gasteiger partial charge >= 0.3 is 12.0 Å². The van der Waals surface area contributed by atoms with Crippen molar-refractivity contribution < 1.29 is 23.9 Å². The molecule has 0 aliphatic carbocycles. The number of carbonyl (C=O) groups excluding carboxylic acids is 2. The second-order valence-corrected chi connectivity index (χ2v) is 5.49. The smallest absolute Gasteiger partial charge is 0.325 e. The van der Waals surface area contributed by atoms with E-state index in [1.807, 2.05) is 0 Å². The minimum atomic E-state index is -1.16. The first kappa shape index (κ1) is 17.5. The van der Waals surface area contributed by atoms with E-state index in [0.29, 0.717) is 25.1 Å². The van der Waals surface area contributed by atoms with Gasteiger partial charge in [-0.3, -0.25) is 20.4 Å². The van der Waals surface area contributed by atoms with E-state index in [-0.39, 0.29) is 0 Å². The second kappa shape index (κ2) is 7.62. The zero-order valence-corrected chi connectivity index (χ0v) is 13.1. The van der Waals surface area contributed by atoms with Crippen LogP contribution in [0.25, 0.3) is 0 Å². The summed E-state index contributed by atoms with van der Waals surface area (Å²) in [7, 11) is 0. The van der Waals surface area contributed by atoms with Crippen molar-refractivity contribution in [2.75, 3.05) is 12.0 Å². The van der Waals surface area contributed by atoms with E-state index in [4.69, 9.17) is 5.11 Å². The van der Waals surface area contributed by atoms with Gasteiger partial charge in [-0.25, -0.2) is 9.18 Å². The van der Waals surface area contributed by atoms with Crippen LogP contribution >= 0.6 is 0 Å². The highest BCUT2D eigenvalue weighted by molar-refractivity contribution is 5.89. The van der Waals surface area contributed by atoms with Crippen molar-refractivity contribution in [1.82, 2.24) is 15.6 Å². The Morgan fingerprint density at radius 2 is 2.12 bits per heavy atom. The van der Waals surface area contributed by atoms with Crippen molar-refractivity contribution in [2.24, 2.45) is 0 Å². The van der Waals surface area contributed by atoms with E-state index < -0.39 is 35.8 Å². The molecule has 1 aromatic rings. The highest BCUT2D eigenvalue weighted by Crippen LogP contribution is 2.18. The van der Waals surface area contributed by atoms with Gasteiger partial charge in [0.05, 0.1) is 5.69 Å². The predicted molar refractivity (Wildman–Crippen MR) is 83.5 cm³/mol. The molecule has 1 unspecified atom stereocenters. The van der Waals surface area contributed by atoms with Crippen LogP contribution in [-0.2, 0) is 9.59 Å². The number of hydrazine groups is 1. The Labute approximate surface area is 138 Å². The molecule has 1 saturated heterocycles. The van der Waals surface area contributed by atoms with Crippen LogP contribution in [0.15, 0.2) is 24.3 Å². The Hall–Kier alpha value is -2.84. The third kappa shape index (κ3) is 4.34. The molecule has 1 heterocycles. The molecule has 0 bridgehead atoms. The van der Waals surface area contributed by atoms with Gasteiger partial charge in [0.25, 0.3) is 5.91 Å². The molecular weight excluding hydrogens is 319 g/mol. The maximum absolute atomic E-state index is 13.1. The van der Waals surface area contributed by atoms with Crippen LogP contribution in [0, 0.1) is 5.82 Å². The van der Waals surface area contributed by atoms with Gasteiger partial charge in [0, 0.05) is 6.54 Å². The van der Waals surface area contributed by atoms with Crippen LogP contribution in [0.1, 0.15) is 19.8 Å². The monoisotopic (exact) mass is 338 g/mol. The summed E-state index contributed by atoms with van der Waals surface area (Å²) in [6.07, 6.45) is 1.10. The highest BCUT2D eigenvalue weighted by atomic mass is 19.1. The number of nitrogens with zero attached hydrogens (tertiary/aromatic N) is 1. The number of nitrogens with one attached hydrogen (secondary N) is 3. The van der Waals surface area contributed by atoms with E-state index in [1.54, 1.807) is 6.07 Å². The van der Waals surface area contributed by atoms with Gasteiger partial charge in [-0.1, -0.05) is 6.07 Å². The lowest BCUT2D eigenvalue weighted by molar-refractivity contribution is -0.138. The summed E-state index contributed by atoms with van der Waals surface area (Å²) >= 11 is 0. The zero-order chi connectivity index (χ0) is 17.7. The molecule has 0 spiro atoms. The summed E-state index contributed by atoms with van der Waals surface area (Å²) in [4.78, 5) is 36.4. The predicted octanol–water partition coefficient (Wildman–Crippen LogP) is 0.916. The van der Waals surface area contributed by atoms with Gasteiger partial charge in [0.1, 0.15) is 17.9 Å². The fourth-order valence-corrected chi connectivity index (χ4v) is 2.40. The number of halogens is 1. The number of aliphatic carboxylic acids is 1. The number of hydrogen-bond donors (Lipinski definition) is 4. The number of hydrogen-bond acceptors (Lipinski definition) is 4. The molecule has 0 aromatic heterocycles. The van der Waals surface area contributed by atoms with Gasteiger partial charge in [-0.15, -0.1) is 0 Å². The number of urea groups is 1. The SMILES string of the molecule is C[C@H](NC(=O)N1CCCC1C(=O)NNc1cccc(F)c1)C(=O)O. The quantitative estimate of drug-likeness (QED) is 0.597. The van der Waals surface area contributed by atoms with Crippen LogP contribution in [0.2, 0.25) is 0 Å². The second-order valence-electron chi connectivity index (χ2n) is 5.49. The van der Waals surface area contributed by atoms with E-state index >= 15 is 0 Å². The normalized spacial score (nSPS) is 17.9. The number of benzene rings is 1. The van der Waals surface area contributed by atoms with Gasteiger partial charge in [0.15, 0.2) is 0 Å². The van der Waals surface area contributed by atoms with Crippen molar-refractivity contribution in [2.45, 2.75) is 31.8 Å². The zero-order valence-electron chi connectivity index (χ0n) is 13.1. The topological polar surface area (TPSA) is 111 Å². The lowest BCUT2D eigenvalue weighted by Crippen LogP contribution is -2.53. The van der Waals surface area contributed by atoms with Gasteiger partial charge < -0.3 is 15.3 Å². The first-order valence-corrected chi connectivity index (χ1v) is 7.50. The molecule has 2 rings (SSSR count). The number of carboxylic acid groups (broad SMARTS) is 1. The molecule has 3 amide bonds. The third-order valence-electron chi connectivity index (χ3n) is 3.68. The van der Waals surface area contributed by atoms with Gasteiger partial charge in [0.2, 0.25) is 0 Å². The average Bonchev–Trinajstić information content (AvgIpc) is 3.02. The van der Waals surface area contributed by atoms with Crippen molar-refractivity contribution in [3.8, 4) is 0 Å². The Bertz CT molecular complexity index is 640. The Morgan fingerprint density at radius 3 is 2.79 bits per heavy atom. The van der Waals surface area contributed by atoms with Crippen molar-refractivity contribution in [1.29, 1.82) is 0 Å². The van der Waals surface area contributed by atoms with Crippen LogP contribution in [0.3, 0.4) is 0 Å². The lowest BCUT2D eigenvalue weighted by atomic mass is 10.2. The molecule has 1 aliphatic heterocycles. The summed E-state index contributed by atoms with van der Waals surface area (Å²) in [5.41, 5.74) is 5.40. The Balaban J connectivity index is 1.92. The van der Waals surface area contributed by atoms with Gasteiger partial charge in [-0.05, 0) is 38.0 Å². The number of carbonyl (C=O) groups is 3. The number of anilines is 1. The molecule has 1 aliphatic rings. The molecule has 4 N–H and O–H groups in total. The van der Waals surface area contributed by atoms with Crippen molar-refractivity contribution >= 4 is 23.6 Å². The maximum Gasteiger partial charge on any atom is 0.325 e. The molecule has 0 saturated carbocycles. The van der Waals surface area contributed by atoms with Crippen LogP contribution in [0.4, 0.5) is 14.9 Å². The highest BCUT2D eigenvalue weighted by Gasteiger charge is 2.35. The minimum absolute atomic E-state index is 0.357. The molecule has 8 nitrogen and oxygen atoms in total. The van der Waals surface area contributed by atoms with Crippen molar-refractivity contribution in [3.63, 3.8) is 0 Å². The van der Waals surface area contributed by atoms with E-state index in [0.717, 1.165) is 0 Å². The summed E-state index contributed by atoms with van der Waals surface area (Å²) in [6.45, 7) is 1.70. The number of rotatable bonds is 5. The van der Waals surface area contributed by atoms with Gasteiger partial charge in [-0.2, -0.15) is 0 Å². The number of amides is 3. The molecule has 1 aromatic carbocycles. The maximum atomic E-state index is 13.1. The van der Waals surface area contributed by atoms with E-state index in [9.17, 15) is 18.8 Å². The molecule has 24 heavy (non-hydrogen) atoms. The average molecular weight is 338 g/mol. The lowest BCUT2D eigenvalue weighted by Gasteiger charge is -2.25. The van der Waals surface area contributed by atoms with E-state index in [2.05, 4.69) is 16.2 Å². The molecule has 9 heteroatoms. The van der Waals surface area contributed by atoms with Crippen LogP contribution in [-0.4, -0.2) is 46.5 Å². The molecule has 0 radical (unpaired) electrons. The van der Waals surface area contributed by atoms with Crippen LogP contribution in [0.5, 0.6) is 0 Å². The van der Waals surface area contributed by atoms with Crippen LogP contribution < -0.4 is 16.2 Å². The molecule has 1 fully saturated rings. The molecule has 2 atom stereocenters. The largest absolute Gasteiger partial charge is 0.480 e. The number of carboxylic acids is 1. The Morgan fingerprint density at radius 1 is 1.38 bits per heavy atom. The summed E-state index contributed by atoms with van der Waals surface area (Å²) in [6, 6.07) is 3.20. The first-order valence-electron chi connectivity index (χ1n) is 7.50. The third-order valence-corrected chi connectivity index (χ3v) is 3.68. The summed E-state index contributed by atoms with van der Waals surface area (Å²) < 4.78 is 13.1. The summed E-state index contributed by atoms with van der Waals surface area (Å²) in [5.74, 6) is -2.05. The molecule has 130 valence electrons.